The van der Waals surface area contributed by atoms with E-state index in [0.29, 0.717) is 0 Å². The van der Waals surface area contributed by atoms with Gasteiger partial charge in [0, 0.05) is 18.3 Å². The molecule has 0 fully saturated rings. The molecule has 2 N–H and O–H groups in total. The number of rotatable bonds is 4. The lowest BCUT2D eigenvalue weighted by Gasteiger charge is -2.11. The van der Waals surface area contributed by atoms with Crippen LogP contribution in [0.4, 0.5) is 0 Å². The molecule has 1 atom stereocenters. The molecular weight excluding hydrogens is 224 g/mol. The lowest BCUT2D eigenvalue weighted by molar-refractivity contribution is 0.430. The fourth-order valence-electron chi connectivity index (χ4n) is 2.12. The molecule has 0 radical (unpaired) electrons. The summed E-state index contributed by atoms with van der Waals surface area (Å²) in [5.41, 5.74) is 2.46. The molecule has 3 rings (SSSR count). The van der Waals surface area contributed by atoms with Gasteiger partial charge >= 0.3 is 0 Å². The highest BCUT2D eigenvalue weighted by atomic mass is 16.3. The molecule has 0 amide bonds. The summed E-state index contributed by atoms with van der Waals surface area (Å²) in [7, 11) is 0. The lowest BCUT2D eigenvalue weighted by Crippen LogP contribution is -2.17. The van der Waals surface area contributed by atoms with Crippen LogP contribution in [0.5, 0.6) is 0 Å². The SMILES string of the molecule is C[C@@H](NCc1ccc2[nH]ccc2c1)c1ccco1. The van der Waals surface area contributed by atoms with E-state index in [4.69, 9.17) is 4.42 Å². The van der Waals surface area contributed by atoms with Crippen LogP contribution in [-0.4, -0.2) is 4.98 Å². The third-order valence-electron chi connectivity index (χ3n) is 3.20. The first-order valence-electron chi connectivity index (χ1n) is 6.16. The molecule has 0 saturated heterocycles. The number of furan rings is 1. The third kappa shape index (κ3) is 2.17. The molecule has 0 aliphatic rings. The Kier molecular flexibility index (Phi) is 2.90. The fraction of sp³-hybridized carbons (Fsp3) is 0.200. The number of aromatic nitrogens is 1. The summed E-state index contributed by atoms with van der Waals surface area (Å²) in [6, 6.07) is 12.7. The first-order chi connectivity index (χ1) is 8.83. The highest BCUT2D eigenvalue weighted by molar-refractivity contribution is 5.79. The molecule has 0 spiro atoms. The van der Waals surface area contributed by atoms with Crippen molar-refractivity contribution in [2.45, 2.75) is 19.5 Å². The van der Waals surface area contributed by atoms with Gasteiger partial charge in [0.25, 0.3) is 0 Å². The molecule has 92 valence electrons. The van der Waals surface area contributed by atoms with Crippen molar-refractivity contribution in [3.8, 4) is 0 Å². The van der Waals surface area contributed by atoms with Gasteiger partial charge in [0.1, 0.15) is 5.76 Å². The fourth-order valence-corrected chi connectivity index (χ4v) is 2.12. The van der Waals surface area contributed by atoms with Gasteiger partial charge in [-0.25, -0.2) is 0 Å². The van der Waals surface area contributed by atoms with Crippen molar-refractivity contribution in [3.05, 3.63) is 60.2 Å². The maximum atomic E-state index is 5.37. The summed E-state index contributed by atoms with van der Waals surface area (Å²) in [6.07, 6.45) is 3.67. The molecular formula is C15H16N2O. The Hall–Kier alpha value is -2.00. The summed E-state index contributed by atoms with van der Waals surface area (Å²) < 4.78 is 5.37. The average Bonchev–Trinajstić information content (AvgIpc) is 3.05. The second-order valence-electron chi connectivity index (χ2n) is 4.52. The van der Waals surface area contributed by atoms with Crippen LogP contribution in [0, 0.1) is 0 Å². The number of hydrogen-bond donors (Lipinski definition) is 2. The van der Waals surface area contributed by atoms with Crippen molar-refractivity contribution < 1.29 is 4.42 Å². The molecule has 3 nitrogen and oxygen atoms in total. The van der Waals surface area contributed by atoms with Crippen LogP contribution in [0.25, 0.3) is 10.9 Å². The predicted octanol–water partition coefficient (Wildman–Crippen LogP) is 3.61. The quantitative estimate of drug-likeness (QED) is 0.731. The summed E-state index contributed by atoms with van der Waals surface area (Å²) in [4.78, 5) is 3.20. The van der Waals surface area contributed by atoms with E-state index in [0.717, 1.165) is 12.3 Å². The summed E-state index contributed by atoms with van der Waals surface area (Å²) >= 11 is 0. The zero-order valence-electron chi connectivity index (χ0n) is 10.3. The highest BCUT2D eigenvalue weighted by Gasteiger charge is 2.07. The maximum absolute atomic E-state index is 5.37. The zero-order chi connectivity index (χ0) is 12.4. The Morgan fingerprint density at radius 2 is 2.22 bits per heavy atom. The van der Waals surface area contributed by atoms with Crippen molar-refractivity contribution in [1.82, 2.24) is 10.3 Å². The van der Waals surface area contributed by atoms with E-state index in [1.54, 1.807) is 6.26 Å². The van der Waals surface area contributed by atoms with Crippen molar-refractivity contribution >= 4 is 10.9 Å². The van der Waals surface area contributed by atoms with Gasteiger partial charge in [0.15, 0.2) is 0 Å². The van der Waals surface area contributed by atoms with Crippen molar-refractivity contribution in [1.29, 1.82) is 0 Å². The van der Waals surface area contributed by atoms with E-state index in [9.17, 15) is 0 Å². The molecule has 0 bridgehead atoms. The first kappa shape index (κ1) is 11.1. The van der Waals surface area contributed by atoms with E-state index in [-0.39, 0.29) is 6.04 Å². The summed E-state index contributed by atoms with van der Waals surface area (Å²) in [6.45, 7) is 2.94. The molecule has 2 aromatic heterocycles. The number of aromatic amines is 1. The smallest absolute Gasteiger partial charge is 0.120 e. The minimum Gasteiger partial charge on any atom is -0.468 e. The van der Waals surface area contributed by atoms with Crippen LogP contribution in [0.2, 0.25) is 0 Å². The molecule has 1 aromatic carbocycles. The van der Waals surface area contributed by atoms with Gasteiger partial charge < -0.3 is 14.7 Å². The van der Waals surface area contributed by atoms with E-state index < -0.39 is 0 Å². The van der Waals surface area contributed by atoms with E-state index in [2.05, 4.69) is 41.5 Å². The molecule has 0 saturated carbocycles. The summed E-state index contributed by atoms with van der Waals surface area (Å²) in [5, 5.41) is 4.70. The highest BCUT2D eigenvalue weighted by Crippen LogP contribution is 2.16. The molecule has 0 aliphatic carbocycles. The van der Waals surface area contributed by atoms with E-state index in [1.165, 1.54) is 16.5 Å². The number of hydrogen-bond acceptors (Lipinski definition) is 2. The number of nitrogens with one attached hydrogen (secondary N) is 2. The largest absolute Gasteiger partial charge is 0.468 e. The predicted molar refractivity (Wildman–Crippen MR) is 72.3 cm³/mol. The number of benzene rings is 1. The van der Waals surface area contributed by atoms with Gasteiger partial charge in [0.2, 0.25) is 0 Å². The third-order valence-corrected chi connectivity index (χ3v) is 3.20. The van der Waals surface area contributed by atoms with E-state index >= 15 is 0 Å². The Labute approximate surface area is 106 Å². The average molecular weight is 240 g/mol. The zero-order valence-corrected chi connectivity index (χ0v) is 10.3. The van der Waals surface area contributed by atoms with Crippen molar-refractivity contribution in [2.75, 3.05) is 0 Å². The Bertz CT molecular complexity index is 625. The minimum atomic E-state index is 0.224. The molecule has 0 unspecified atom stereocenters. The Morgan fingerprint density at radius 1 is 1.28 bits per heavy atom. The Morgan fingerprint density at radius 3 is 3.06 bits per heavy atom. The van der Waals surface area contributed by atoms with E-state index in [1.807, 2.05) is 18.3 Å². The molecule has 2 heterocycles. The Balaban J connectivity index is 1.69. The van der Waals surface area contributed by atoms with Gasteiger partial charge in [0.05, 0.1) is 12.3 Å². The second kappa shape index (κ2) is 4.70. The second-order valence-corrected chi connectivity index (χ2v) is 4.52. The van der Waals surface area contributed by atoms with Gasteiger partial charge in [-0.2, -0.15) is 0 Å². The van der Waals surface area contributed by atoms with Gasteiger partial charge in [-0.1, -0.05) is 6.07 Å². The van der Waals surface area contributed by atoms with Gasteiger partial charge in [-0.3, -0.25) is 0 Å². The van der Waals surface area contributed by atoms with Crippen molar-refractivity contribution in [2.24, 2.45) is 0 Å². The van der Waals surface area contributed by atoms with Crippen LogP contribution in [0.15, 0.2) is 53.3 Å². The van der Waals surface area contributed by atoms with Gasteiger partial charge in [-0.05, 0) is 48.2 Å². The van der Waals surface area contributed by atoms with Gasteiger partial charge in [-0.15, -0.1) is 0 Å². The molecule has 3 aromatic rings. The monoisotopic (exact) mass is 240 g/mol. The molecule has 0 aliphatic heterocycles. The topological polar surface area (TPSA) is 41.0 Å². The lowest BCUT2D eigenvalue weighted by atomic mass is 10.1. The van der Waals surface area contributed by atoms with Crippen LogP contribution in [0.1, 0.15) is 24.3 Å². The van der Waals surface area contributed by atoms with Crippen LogP contribution in [0.3, 0.4) is 0 Å². The minimum absolute atomic E-state index is 0.224. The van der Waals surface area contributed by atoms with Crippen LogP contribution in [-0.2, 0) is 6.54 Å². The number of fused-ring (bicyclic) bond motifs is 1. The van der Waals surface area contributed by atoms with Crippen LogP contribution < -0.4 is 5.32 Å². The van der Waals surface area contributed by atoms with Crippen molar-refractivity contribution in [3.63, 3.8) is 0 Å². The summed E-state index contributed by atoms with van der Waals surface area (Å²) in [5.74, 6) is 0.970. The molecule has 18 heavy (non-hydrogen) atoms. The standard InChI is InChI=1S/C15H16N2O/c1-11(15-3-2-8-18-15)17-10-12-4-5-14-13(9-12)6-7-16-14/h2-9,11,16-17H,10H2,1H3/t11-/m1/s1. The normalized spacial score (nSPS) is 12.9. The maximum Gasteiger partial charge on any atom is 0.120 e. The number of H-pyrrole nitrogens is 1. The molecule has 3 heteroatoms. The van der Waals surface area contributed by atoms with Crippen LogP contribution >= 0.6 is 0 Å². The first-order valence-corrected chi connectivity index (χ1v) is 6.16.